The van der Waals surface area contributed by atoms with Crippen molar-refractivity contribution in [1.29, 1.82) is 0 Å². The minimum Gasteiger partial charge on any atom is -0.461 e. The van der Waals surface area contributed by atoms with E-state index < -0.39 is 5.82 Å². The van der Waals surface area contributed by atoms with E-state index in [1.165, 1.54) is 38.2 Å². The van der Waals surface area contributed by atoms with Crippen molar-refractivity contribution in [1.82, 2.24) is 20.2 Å². The molecule has 4 saturated heterocycles. The van der Waals surface area contributed by atoms with Crippen molar-refractivity contribution in [2.24, 2.45) is 0 Å². The summed E-state index contributed by atoms with van der Waals surface area (Å²) in [5.41, 5.74) is 3.02. The third-order valence-corrected chi connectivity index (χ3v) is 11.2. The first-order valence-electron chi connectivity index (χ1n) is 15.6. The van der Waals surface area contributed by atoms with Gasteiger partial charge in [0.05, 0.1) is 35.4 Å². The summed E-state index contributed by atoms with van der Waals surface area (Å²) in [6.07, 6.45) is 6.94. The molecule has 1 aromatic heterocycles. The van der Waals surface area contributed by atoms with Gasteiger partial charge in [0.1, 0.15) is 24.3 Å². The fraction of sp³-hybridized carbons (Fsp3) is 0.562. The molecule has 0 spiro atoms. The van der Waals surface area contributed by atoms with Crippen LogP contribution in [0.5, 0.6) is 6.01 Å². The molecule has 4 fully saturated rings. The van der Waals surface area contributed by atoms with Crippen LogP contribution in [0.2, 0.25) is 5.02 Å². The zero-order chi connectivity index (χ0) is 28.0. The second kappa shape index (κ2) is 9.64. The number of aromatic nitrogens is 2. The molecule has 220 valence electrons. The lowest BCUT2D eigenvalue weighted by atomic mass is 9.95. The van der Waals surface area contributed by atoms with Crippen molar-refractivity contribution < 1.29 is 13.9 Å². The lowest BCUT2D eigenvalue weighted by molar-refractivity contribution is 0.0414. The van der Waals surface area contributed by atoms with Crippen LogP contribution in [0.4, 0.5) is 15.9 Å². The van der Waals surface area contributed by atoms with Gasteiger partial charge in [-0.1, -0.05) is 29.8 Å². The van der Waals surface area contributed by atoms with Crippen molar-refractivity contribution in [2.45, 2.75) is 74.8 Å². The van der Waals surface area contributed by atoms with Crippen LogP contribution >= 0.6 is 11.6 Å². The van der Waals surface area contributed by atoms with Crippen molar-refractivity contribution in [3.63, 3.8) is 0 Å². The van der Waals surface area contributed by atoms with Crippen molar-refractivity contribution in [2.75, 3.05) is 49.2 Å². The molecule has 1 N–H and O–H groups in total. The number of rotatable bonds is 4. The number of hydrogen-bond acceptors (Lipinski definition) is 8. The Labute approximate surface area is 250 Å². The van der Waals surface area contributed by atoms with Gasteiger partial charge in [0.15, 0.2) is 0 Å². The summed E-state index contributed by atoms with van der Waals surface area (Å²) >= 11 is 6.58. The molecule has 3 aromatic rings. The monoisotopic (exact) mass is 590 g/mol. The molecule has 2 aromatic carbocycles. The van der Waals surface area contributed by atoms with E-state index in [2.05, 4.69) is 20.0 Å². The Hall–Kier alpha value is -2.72. The topological polar surface area (TPSA) is 66.0 Å². The lowest BCUT2D eigenvalue weighted by Gasteiger charge is -2.41. The Morgan fingerprint density at radius 1 is 1.10 bits per heavy atom. The number of nitrogens with zero attached hydrogens (tertiary/aromatic N) is 5. The van der Waals surface area contributed by atoms with Crippen LogP contribution in [-0.2, 0) is 11.3 Å². The molecule has 2 bridgehead atoms. The Morgan fingerprint density at radius 2 is 1.98 bits per heavy atom. The molecule has 6 aliphatic rings. The van der Waals surface area contributed by atoms with Crippen LogP contribution in [0.1, 0.15) is 55.9 Å². The molecule has 0 amide bonds. The molecular formula is C32H36ClFN6O2. The van der Waals surface area contributed by atoms with E-state index in [0.717, 1.165) is 59.6 Å². The normalized spacial score (nSPS) is 29.4. The Bertz CT molecular complexity index is 1560. The highest BCUT2D eigenvalue weighted by atomic mass is 35.5. The lowest BCUT2D eigenvalue weighted by Crippen LogP contribution is -2.59. The largest absolute Gasteiger partial charge is 0.461 e. The molecule has 0 aliphatic carbocycles. The molecule has 42 heavy (non-hydrogen) atoms. The highest BCUT2D eigenvalue weighted by Crippen LogP contribution is 2.45. The molecular weight excluding hydrogens is 555 g/mol. The van der Waals surface area contributed by atoms with Gasteiger partial charge in [-0.2, -0.15) is 9.97 Å². The first kappa shape index (κ1) is 25.7. The minimum atomic E-state index is -0.410. The van der Waals surface area contributed by atoms with Crippen LogP contribution in [-0.4, -0.2) is 77.9 Å². The van der Waals surface area contributed by atoms with Gasteiger partial charge in [0.2, 0.25) is 0 Å². The van der Waals surface area contributed by atoms with Crippen molar-refractivity contribution >= 4 is 33.9 Å². The SMILES string of the molecule is Fc1ccc2cccc(N3Cc4nc(OCC56CCCN5CCC6)nc5c4C(C3)OCC3C4CCC(CN53)N4)c2c1Cl. The van der Waals surface area contributed by atoms with Gasteiger partial charge in [-0.15, -0.1) is 0 Å². The highest BCUT2D eigenvalue weighted by Gasteiger charge is 2.47. The van der Waals surface area contributed by atoms with E-state index in [1.54, 1.807) is 6.07 Å². The van der Waals surface area contributed by atoms with E-state index in [-0.39, 0.29) is 22.7 Å². The van der Waals surface area contributed by atoms with Crippen LogP contribution in [0.3, 0.4) is 0 Å². The Balaban J connectivity index is 1.13. The number of ether oxygens (including phenoxy) is 2. The van der Waals surface area contributed by atoms with Gasteiger partial charge in [0.25, 0.3) is 0 Å². The quantitative estimate of drug-likeness (QED) is 0.464. The molecule has 7 heterocycles. The molecule has 4 atom stereocenters. The summed E-state index contributed by atoms with van der Waals surface area (Å²) in [6, 6.07) is 10.8. The average Bonchev–Trinajstić information content (AvgIpc) is 3.68. The second-order valence-electron chi connectivity index (χ2n) is 13.1. The highest BCUT2D eigenvalue weighted by molar-refractivity contribution is 6.36. The number of anilines is 2. The summed E-state index contributed by atoms with van der Waals surface area (Å²) in [6.45, 7) is 5.66. The molecule has 0 saturated carbocycles. The van der Waals surface area contributed by atoms with Crippen LogP contribution < -0.4 is 19.9 Å². The Kier molecular flexibility index (Phi) is 5.91. The molecule has 8 nitrogen and oxygen atoms in total. The maximum Gasteiger partial charge on any atom is 0.318 e. The minimum absolute atomic E-state index is 0.117. The van der Waals surface area contributed by atoms with Crippen molar-refractivity contribution in [3.05, 3.63) is 52.4 Å². The zero-order valence-corrected chi connectivity index (χ0v) is 24.5. The molecule has 10 heteroatoms. The van der Waals surface area contributed by atoms with Crippen LogP contribution in [0, 0.1) is 5.82 Å². The summed E-state index contributed by atoms with van der Waals surface area (Å²) in [4.78, 5) is 17.6. The number of nitrogens with one attached hydrogen (secondary N) is 1. The first-order valence-corrected chi connectivity index (χ1v) is 16.0. The summed E-state index contributed by atoms with van der Waals surface area (Å²) in [7, 11) is 0. The predicted octanol–water partition coefficient (Wildman–Crippen LogP) is 4.83. The average molecular weight is 591 g/mol. The Morgan fingerprint density at radius 3 is 2.86 bits per heavy atom. The summed E-state index contributed by atoms with van der Waals surface area (Å²) in [5, 5.41) is 5.61. The van der Waals surface area contributed by atoms with E-state index in [1.807, 2.05) is 18.2 Å². The number of hydrogen-bond donors (Lipinski definition) is 1. The summed E-state index contributed by atoms with van der Waals surface area (Å²) < 4.78 is 28.0. The maximum absolute atomic E-state index is 14.7. The third kappa shape index (κ3) is 3.89. The predicted molar refractivity (Wildman–Crippen MR) is 160 cm³/mol. The zero-order valence-electron chi connectivity index (χ0n) is 23.7. The van der Waals surface area contributed by atoms with Gasteiger partial charge in [-0.3, -0.25) is 4.90 Å². The molecule has 0 radical (unpaired) electrons. The van der Waals surface area contributed by atoms with Gasteiger partial charge in [0, 0.05) is 41.8 Å². The number of benzene rings is 2. The van der Waals surface area contributed by atoms with Gasteiger partial charge < -0.3 is 24.6 Å². The molecule has 9 rings (SSSR count). The van der Waals surface area contributed by atoms with Crippen LogP contribution in [0.25, 0.3) is 10.8 Å². The fourth-order valence-corrected chi connectivity index (χ4v) is 9.11. The van der Waals surface area contributed by atoms with Gasteiger partial charge in [-0.25, -0.2) is 4.39 Å². The first-order chi connectivity index (χ1) is 20.6. The number of fused-ring (bicyclic) bond motifs is 7. The summed E-state index contributed by atoms with van der Waals surface area (Å²) in [5.74, 6) is 0.571. The smallest absolute Gasteiger partial charge is 0.318 e. The number of piperazine rings is 1. The van der Waals surface area contributed by atoms with E-state index in [4.69, 9.17) is 31.0 Å². The third-order valence-electron chi connectivity index (χ3n) is 10.9. The molecule has 6 aliphatic heterocycles. The molecule has 4 unspecified atom stereocenters. The van der Waals surface area contributed by atoms with E-state index >= 15 is 0 Å². The van der Waals surface area contributed by atoms with E-state index in [9.17, 15) is 4.39 Å². The standard InChI is InChI=1S/C32H36ClFN6O2/c33-29-21(34)8-6-19-4-1-5-24(27(19)29)38-15-23-28-26(16-38)41-17-25-22-9-7-20(35-22)14-40(25)30(28)37-31(36-23)42-18-32-10-2-12-39(32)13-3-11-32/h1,4-6,8,20,22,25-26,35H,2-3,7,9-18H2. The second-order valence-corrected chi connectivity index (χ2v) is 13.5. The van der Waals surface area contributed by atoms with Crippen molar-refractivity contribution in [3.8, 4) is 6.01 Å². The van der Waals surface area contributed by atoms with Gasteiger partial charge >= 0.3 is 6.01 Å². The van der Waals surface area contributed by atoms with Crippen LogP contribution in [0.15, 0.2) is 30.3 Å². The van der Waals surface area contributed by atoms with E-state index in [0.29, 0.717) is 44.4 Å². The van der Waals surface area contributed by atoms with Gasteiger partial charge in [-0.05, 0) is 69.1 Å². The maximum atomic E-state index is 14.7. The number of halogens is 2. The fourth-order valence-electron chi connectivity index (χ4n) is 8.84.